The van der Waals surface area contributed by atoms with Crippen LogP contribution in [0.15, 0.2) is 0 Å². The fourth-order valence-electron chi connectivity index (χ4n) is 2.14. The number of rotatable bonds is 4. The van der Waals surface area contributed by atoms with Gasteiger partial charge in [-0.25, -0.2) is 0 Å². The topological polar surface area (TPSA) is 57.6 Å². The molecule has 1 rings (SSSR count). The summed E-state index contributed by atoms with van der Waals surface area (Å²) in [6.45, 7) is 7.28. The molecule has 1 aliphatic heterocycles. The van der Waals surface area contributed by atoms with Gasteiger partial charge in [-0.3, -0.25) is 14.5 Å². The molecule has 0 aromatic carbocycles. The second kappa shape index (κ2) is 4.53. The second-order valence-corrected chi connectivity index (χ2v) is 5.09. The largest absolute Gasteiger partial charge is 0.388 e. The van der Waals surface area contributed by atoms with Gasteiger partial charge in [-0.15, -0.1) is 0 Å². The van der Waals surface area contributed by atoms with E-state index in [1.54, 1.807) is 20.8 Å². The van der Waals surface area contributed by atoms with E-state index < -0.39 is 5.60 Å². The molecular weight excluding hydrogens is 206 g/mol. The van der Waals surface area contributed by atoms with Crippen molar-refractivity contribution in [1.82, 2.24) is 4.90 Å². The van der Waals surface area contributed by atoms with Gasteiger partial charge in [0, 0.05) is 11.8 Å². The lowest BCUT2D eigenvalue weighted by Crippen LogP contribution is -2.44. The lowest BCUT2D eigenvalue weighted by molar-refractivity contribution is -0.143. The van der Waals surface area contributed by atoms with Crippen molar-refractivity contribution in [2.45, 2.75) is 46.1 Å². The molecule has 2 amide bonds. The number of likely N-dealkylation sites (tertiary alicyclic amines) is 1. The van der Waals surface area contributed by atoms with Crippen LogP contribution in [0.1, 0.15) is 40.5 Å². The van der Waals surface area contributed by atoms with Crippen LogP contribution in [0.5, 0.6) is 0 Å². The van der Waals surface area contributed by atoms with Crippen LogP contribution in [0.25, 0.3) is 0 Å². The summed E-state index contributed by atoms with van der Waals surface area (Å²) in [5, 5.41) is 10.0. The van der Waals surface area contributed by atoms with Crippen LogP contribution in [0.3, 0.4) is 0 Å². The van der Waals surface area contributed by atoms with Gasteiger partial charge < -0.3 is 5.11 Å². The number of amides is 2. The molecule has 4 heteroatoms. The summed E-state index contributed by atoms with van der Waals surface area (Å²) < 4.78 is 0. The van der Waals surface area contributed by atoms with Gasteiger partial charge in [0.1, 0.15) is 0 Å². The number of carbonyl (C=O) groups is 2. The zero-order valence-corrected chi connectivity index (χ0v) is 10.5. The maximum atomic E-state index is 11.8. The molecular formula is C12H21NO3. The Morgan fingerprint density at radius 2 is 1.69 bits per heavy atom. The number of imide groups is 1. The third-order valence-electron chi connectivity index (χ3n) is 3.35. The molecule has 3 atom stereocenters. The summed E-state index contributed by atoms with van der Waals surface area (Å²) >= 11 is 0. The van der Waals surface area contributed by atoms with E-state index in [-0.39, 0.29) is 30.2 Å². The third kappa shape index (κ3) is 2.43. The molecule has 0 aromatic rings. The highest BCUT2D eigenvalue weighted by atomic mass is 16.3. The van der Waals surface area contributed by atoms with E-state index in [9.17, 15) is 14.7 Å². The Morgan fingerprint density at radius 3 is 2.06 bits per heavy atom. The van der Waals surface area contributed by atoms with Crippen LogP contribution < -0.4 is 0 Å². The van der Waals surface area contributed by atoms with Gasteiger partial charge >= 0.3 is 0 Å². The Hall–Kier alpha value is -0.900. The number of carbonyl (C=O) groups excluding carboxylic acids is 2. The van der Waals surface area contributed by atoms with Crippen LogP contribution in [-0.2, 0) is 9.59 Å². The van der Waals surface area contributed by atoms with E-state index in [0.29, 0.717) is 6.42 Å². The molecule has 92 valence electrons. The molecule has 0 saturated carbocycles. The highest BCUT2D eigenvalue weighted by Gasteiger charge is 2.44. The Balaban J connectivity index is 2.75. The summed E-state index contributed by atoms with van der Waals surface area (Å²) in [6.07, 6.45) is 1.42. The molecule has 16 heavy (non-hydrogen) atoms. The van der Waals surface area contributed by atoms with Crippen LogP contribution >= 0.6 is 0 Å². The quantitative estimate of drug-likeness (QED) is 0.734. The van der Waals surface area contributed by atoms with Gasteiger partial charge in [-0.05, 0) is 13.3 Å². The standard InChI is InChI=1S/C12H21NO3/c1-5-6-12(4,16)7-13-10(14)8(2)9(3)11(13)15/h8-9,16H,5-7H2,1-4H3. The van der Waals surface area contributed by atoms with Crippen molar-refractivity contribution in [3.63, 3.8) is 0 Å². The molecule has 1 aliphatic rings. The van der Waals surface area contributed by atoms with Crippen molar-refractivity contribution < 1.29 is 14.7 Å². The number of hydrogen-bond acceptors (Lipinski definition) is 3. The minimum absolute atomic E-state index is 0.118. The van der Waals surface area contributed by atoms with Gasteiger partial charge in [0.2, 0.25) is 11.8 Å². The predicted molar refractivity (Wildman–Crippen MR) is 60.6 cm³/mol. The van der Waals surface area contributed by atoms with Crippen molar-refractivity contribution in [2.75, 3.05) is 6.54 Å². The van der Waals surface area contributed by atoms with E-state index in [1.807, 2.05) is 6.92 Å². The smallest absolute Gasteiger partial charge is 0.232 e. The van der Waals surface area contributed by atoms with Gasteiger partial charge in [0.15, 0.2) is 0 Å². The van der Waals surface area contributed by atoms with Crippen LogP contribution in [0, 0.1) is 11.8 Å². The Morgan fingerprint density at radius 1 is 1.25 bits per heavy atom. The van der Waals surface area contributed by atoms with Gasteiger partial charge in [-0.2, -0.15) is 0 Å². The minimum atomic E-state index is -0.968. The van der Waals surface area contributed by atoms with E-state index in [4.69, 9.17) is 0 Å². The molecule has 1 heterocycles. The molecule has 3 unspecified atom stereocenters. The summed E-state index contributed by atoms with van der Waals surface area (Å²) in [4.78, 5) is 24.8. The molecule has 0 aliphatic carbocycles. The first kappa shape index (κ1) is 13.2. The predicted octanol–water partition coefficient (Wildman–Crippen LogP) is 1.18. The zero-order chi connectivity index (χ0) is 12.5. The van der Waals surface area contributed by atoms with Crippen LogP contribution in [0.2, 0.25) is 0 Å². The molecule has 0 aromatic heterocycles. The SMILES string of the molecule is CCCC(C)(O)CN1C(=O)C(C)C(C)C1=O. The summed E-state index contributed by atoms with van der Waals surface area (Å²) in [6, 6.07) is 0. The Kier molecular flexibility index (Phi) is 3.73. The average Bonchev–Trinajstić information content (AvgIpc) is 2.35. The maximum Gasteiger partial charge on any atom is 0.232 e. The highest BCUT2D eigenvalue weighted by Crippen LogP contribution is 2.27. The molecule has 4 nitrogen and oxygen atoms in total. The average molecular weight is 227 g/mol. The van der Waals surface area contributed by atoms with Crippen LogP contribution in [-0.4, -0.2) is 34.0 Å². The van der Waals surface area contributed by atoms with Gasteiger partial charge in [-0.1, -0.05) is 27.2 Å². The van der Waals surface area contributed by atoms with E-state index in [2.05, 4.69) is 0 Å². The normalized spacial score (nSPS) is 29.7. The second-order valence-electron chi connectivity index (χ2n) is 5.09. The zero-order valence-electron chi connectivity index (χ0n) is 10.5. The first-order chi connectivity index (χ1) is 7.30. The maximum absolute atomic E-state index is 11.8. The fourth-order valence-corrected chi connectivity index (χ4v) is 2.14. The number of aliphatic hydroxyl groups is 1. The molecule has 1 N–H and O–H groups in total. The van der Waals surface area contributed by atoms with Crippen molar-refractivity contribution in [1.29, 1.82) is 0 Å². The van der Waals surface area contributed by atoms with Crippen molar-refractivity contribution in [3.8, 4) is 0 Å². The first-order valence-electron chi connectivity index (χ1n) is 5.87. The lowest BCUT2D eigenvalue weighted by Gasteiger charge is -2.27. The van der Waals surface area contributed by atoms with E-state index in [0.717, 1.165) is 6.42 Å². The number of nitrogens with zero attached hydrogens (tertiary/aromatic N) is 1. The lowest BCUT2D eigenvalue weighted by atomic mass is 10.00. The Labute approximate surface area is 96.6 Å². The monoisotopic (exact) mass is 227 g/mol. The molecule has 0 bridgehead atoms. The summed E-state index contributed by atoms with van der Waals surface area (Å²) in [5.41, 5.74) is -0.968. The fraction of sp³-hybridized carbons (Fsp3) is 0.833. The molecule has 0 spiro atoms. The van der Waals surface area contributed by atoms with Crippen molar-refractivity contribution in [3.05, 3.63) is 0 Å². The van der Waals surface area contributed by atoms with Gasteiger partial charge in [0.25, 0.3) is 0 Å². The molecule has 0 radical (unpaired) electrons. The van der Waals surface area contributed by atoms with Crippen LogP contribution in [0.4, 0.5) is 0 Å². The van der Waals surface area contributed by atoms with Crippen molar-refractivity contribution in [2.24, 2.45) is 11.8 Å². The first-order valence-corrected chi connectivity index (χ1v) is 5.87. The van der Waals surface area contributed by atoms with Gasteiger partial charge in [0.05, 0.1) is 12.1 Å². The third-order valence-corrected chi connectivity index (χ3v) is 3.35. The van der Waals surface area contributed by atoms with Crippen molar-refractivity contribution >= 4 is 11.8 Å². The van der Waals surface area contributed by atoms with E-state index in [1.165, 1.54) is 4.90 Å². The highest BCUT2D eigenvalue weighted by molar-refractivity contribution is 6.04. The summed E-state index contributed by atoms with van der Waals surface area (Å²) in [7, 11) is 0. The minimum Gasteiger partial charge on any atom is -0.388 e. The molecule has 1 fully saturated rings. The molecule has 1 saturated heterocycles. The van der Waals surface area contributed by atoms with E-state index >= 15 is 0 Å². The number of β-amino-alcohol motifs (C(OH)–C–C–N with tert-alkyl or cyclic N) is 1. The summed E-state index contributed by atoms with van der Waals surface area (Å²) in [5.74, 6) is -0.836. The number of hydrogen-bond donors (Lipinski definition) is 1. The Bertz CT molecular complexity index is 279.